The van der Waals surface area contributed by atoms with Crippen LogP contribution in [0.1, 0.15) is 107 Å². The zero-order chi connectivity index (χ0) is 41.4. The lowest BCUT2D eigenvalue weighted by molar-refractivity contribution is -0.128. The summed E-state index contributed by atoms with van der Waals surface area (Å²) in [7, 11) is 1.78. The number of hydrogen-bond donors (Lipinski definition) is 6. The van der Waals surface area contributed by atoms with E-state index in [1.54, 1.807) is 16.2 Å². The molecule has 1 aromatic heterocycles. The van der Waals surface area contributed by atoms with Crippen LogP contribution in [-0.2, 0) is 16.6 Å². The van der Waals surface area contributed by atoms with Gasteiger partial charge in [-0.2, -0.15) is 0 Å². The van der Waals surface area contributed by atoms with Crippen molar-refractivity contribution in [1.82, 2.24) is 34.9 Å². The van der Waals surface area contributed by atoms with Crippen LogP contribution in [0.4, 0.5) is 11.4 Å². The van der Waals surface area contributed by atoms with Crippen molar-refractivity contribution < 1.29 is 14.7 Å². The molecule has 60 heavy (non-hydrogen) atoms. The number of imidazole rings is 1. The number of carbonyl (C=O) groups is 2. The van der Waals surface area contributed by atoms with Crippen molar-refractivity contribution >= 4 is 34.2 Å². The van der Waals surface area contributed by atoms with E-state index >= 15 is 0 Å². The number of hydrogen-bond acceptors (Lipinski definition) is 10. The van der Waals surface area contributed by atoms with E-state index in [0.717, 1.165) is 100 Å². The third-order valence-electron chi connectivity index (χ3n) is 15.2. The Kier molecular flexibility index (Phi) is 12.3. The molecule has 3 aromatic rings. The first-order valence-electron chi connectivity index (χ1n) is 23.2. The standard InChI is InChI=1S/C46H68N10O4/c1-52-39-27-36(15-16-37(39)56(45(52)60)38-17-18-41(57)49-44(38)59)55-26-19-31(30-55)29-53-24-20-33(21-25-53)32-11-13-35(14-12-32)50-46(34-9-5-2-3-6-10-34)42(43(47)58)48-28-40(51-46)54-22-7-4-8-23-54/h11-16,27,31,33-34,38,40,42,44,48,50-51,59H,2-10,17-26,28-30H2,1H3,(H2,47,58)(H,49,57)/t31-,38-,40?,42?,44?,46?/m1/s1. The molecule has 0 bridgehead atoms. The summed E-state index contributed by atoms with van der Waals surface area (Å²) in [6.07, 6.45) is 14.0. The predicted molar refractivity (Wildman–Crippen MR) is 236 cm³/mol. The van der Waals surface area contributed by atoms with E-state index in [4.69, 9.17) is 5.73 Å². The number of nitrogens with zero attached hydrogens (tertiary/aromatic N) is 5. The number of carbonyl (C=O) groups excluding carboxylic acids is 2. The second-order valence-electron chi connectivity index (χ2n) is 19.0. The van der Waals surface area contributed by atoms with Gasteiger partial charge in [0.2, 0.25) is 11.8 Å². The predicted octanol–water partition coefficient (Wildman–Crippen LogP) is 3.75. The van der Waals surface area contributed by atoms with Gasteiger partial charge in [0.05, 0.1) is 23.2 Å². The molecule has 9 rings (SSSR count). The highest BCUT2D eigenvalue weighted by Crippen LogP contribution is 2.39. The van der Waals surface area contributed by atoms with E-state index in [1.165, 1.54) is 50.5 Å². The van der Waals surface area contributed by atoms with E-state index in [0.29, 0.717) is 24.8 Å². The fourth-order valence-electron chi connectivity index (χ4n) is 11.9. The number of primary amides is 1. The molecule has 6 heterocycles. The minimum Gasteiger partial charge on any atom is -0.372 e. The fraction of sp³-hybridized carbons (Fsp3) is 0.674. The van der Waals surface area contributed by atoms with Crippen LogP contribution in [0.25, 0.3) is 11.0 Å². The zero-order valence-corrected chi connectivity index (χ0v) is 35.6. The quantitative estimate of drug-likeness (QED) is 0.166. The number of aliphatic hydroxyl groups is 1. The summed E-state index contributed by atoms with van der Waals surface area (Å²) < 4.78 is 3.31. The van der Waals surface area contributed by atoms with E-state index in [-0.39, 0.29) is 36.0 Å². The Balaban J connectivity index is 0.817. The molecule has 6 atom stereocenters. The third kappa shape index (κ3) is 8.34. The van der Waals surface area contributed by atoms with Crippen molar-refractivity contribution in [1.29, 1.82) is 0 Å². The number of piperidine rings is 3. The summed E-state index contributed by atoms with van der Waals surface area (Å²) in [6, 6.07) is 14.3. The lowest BCUT2D eigenvalue weighted by atomic mass is 9.78. The van der Waals surface area contributed by atoms with Gasteiger partial charge in [0.15, 0.2) is 0 Å². The van der Waals surface area contributed by atoms with Crippen molar-refractivity contribution in [2.24, 2.45) is 24.6 Å². The molecule has 1 aliphatic carbocycles. The molecule has 5 saturated heterocycles. The topological polar surface area (TPSA) is 165 Å². The number of aryl methyl sites for hydroxylation is 1. The van der Waals surface area contributed by atoms with Gasteiger partial charge in [-0.05, 0) is 131 Å². The minimum atomic E-state index is -1.08. The second-order valence-corrected chi connectivity index (χ2v) is 19.0. The van der Waals surface area contributed by atoms with Crippen molar-refractivity contribution in [3.05, 3.63) is 58.5 Å². The van der Waals surface area contributed by atoms with Gasteiger partial charge in [-0.3, -0.25) is 34.3 Å². The Morgan fingerprint density at radius 2 is 1.60 bits per heavy atom. The maximum atomic E-state index is 13.3. The molecule has 5 aliphatic heterocycles. The van der Waals surface area contributed by atoms with E-state index in [9.17, 15) is 19.5 Å². The SMILES string of the molecule is Cn1c(=O)n([C@@H]2CCC(=O)NC2O)c2ccc(N3CC[C@H](CN4CCC(c5ccc(NC6(C7CCCCCC7)NC(N7CCCCC7)CNC6C(N)=O)cc5)CC4)C3)cc21. The molecule has 14 heteroatoms. The van der Waals surface area contributed by atoms with Gasteiger partial charge in [0.1, 0.15) is 17.9 Å². The first-order chi connectivity index (χ1) is 29.2. The van der Waals surface area contributed by atoms with Crippen LogP contribution in [0.15, 0.2) is 47.3 Å². The van der Waals surface area contributed by atoms with Crippen LogP contribution in [0, 0.1) is 11.8 Å². The summed E-state index contributed by atoms with van der Waals surface area (Å²) in [5.74, 6) is 0.919. The Morgan fingerprint density at radius 1 is 0.867 bits per heavy atom. The number of rotatable bonds is 10. The Bertz CT molecular complexity index is 2030. The molecule has 2 aromatic carbocycles. The largest absolute Gasteiger partial charge is 0.372 e. The van der Waals surface area contributed by atoms with Crippen LogP contribution in [0.2, 0.25) is 0 Å². The number of benzene rings is 2. The lowest BCUT2D eigenvalue weighted by Gasteiger charge is -2.54. The monoisotopic (exact) mass is 825 g/mol. The number of fused-ring (bicyclic) bond motifs is 1. The van der Waals surface area contributed by atoms with E-state index < -0.39 is 24.0 Å². The third-order valence-corrected chi connectivity index (χ3v) is 15.2. The van der Waals surface area contributed by atoms with Crippen molar-refractivity contribution in [3.8, 4) is 0 Å². The van der Waals surface area contributed by atoms with Gasteiger partial charge < -0.3 is 31.3 Å². The van der Waals surface area contributed by atoms with Crippen LogP contribution in [-0.4, -0.2) is 112 Å². The lowest BCUT2D eigenvalue weighted by Crippen LogP contribution is -2.80. The average Bonchev–Trinajstić information content (AvgIpc) is 3.68. The first-order valence-corrected chi connectivity index (χ1v) is 23.2. The summed E-state index contributed by atoms with van der Waals surface area (Å²) >= 11 is 0. The average molecular weight is 825 g/mol. The van der Waals surface area contributed by atoms with Crippen molar-refractivity contribution in [2.45, 2.75) is 126 Å². The highest BCUT2D eigenvalue weighted by Gasteiger charge is 2.52. The molecule has 4 unspecified atom stereocenters. The molecule has 0 spiro atoms. The van der Waals surface area contributed by atoms with E-state index in [2.05, 4.69) is 72.4 Å². The van der Waals surface area contributed by atoms with Gasteiger partial charge in [-0.1, -0.05) is 44.2 Å². The van der Waals surface area contributed by atoms with Crippen LogP contribution >= 0.6 is 0 Å². The number of piperazine rings is 1. The second kappa shape index (κ2) is 17.8. The number of likely N-dealkylation sites (tertiary alicyclic amines) is 2. The van der Waals surface area contributed by atoms with Crippen LogP contribution in [0.3, 0.4) is 0 Å². The van der Waals surface area contributed by atoms with Gasteiger partial charge in [-0.25, -0.2) is 4.79 Å². The Labute approximate surface area is 354 Å². The molecule has 6 aliphatic rings. The van der Waals surface area contributed by atoms with E-state index in [1.807, 2.05) is 6.07 Å². The molecule has 1 saturated carbocycles. The highest BCUT2D eigenvalue weighted by molar-refractivity contribution is 5.83. The number of aliphatic hydroxyl groups excluding tert-OH is 1. The van der Waals surface area contributed by atoms with Crippen molar-refractivity contribution in [2.75, 3.05) is 62.6 Å². The Morgan fingerprint density at radius 3 is 2.32 bits per heavy atom. The number of nitrogens with one attached hydrogen (secondary N) is 4. The van der Waals surface area contributed by atoms with Gasteiger partial charge in [0, 0.05) is 51.0 Å². The van der Waals surface area contributed by atoms with Crippen LogP contribution < -0.4 is 37.6 Å². The highest BCUT2D eigenvalue weighted by atomic mass is 16.3. The maximum absolute atomic E-state index is 13.3. The normalized spacial score (nSPS) is 30.7. The number of amides is 2. The molecule has 14 nitrogen and oxygen atoms in total. The fourth-order valence-corrected chi connectivity index (χ4v) is 11.9. The number of nitrogens with two attached hydrogens (primary N) is 1. The van der Waals surface area contributed by atoms with Gasteiger partial charge >= 0.3 is 5.69 Å². The molecule has 7 N–H and O–H groups in total. The van der Waals surface area contributed by atoms with Gasteiger partial charge in [0.25, 0.3) is 0 Å². The molecule has 0 radical (unpaired) electrons. The summed E-state index contributed by atoms with van der Waals surface area (Å²) in [4.78, 5) is 46.0. The zero-order valence-electron chi connectivity index (χ0n) is 35.6. The first kappa shape index (κ1) is 41.4. The smallest absolute Gasteiger partial charge is 0.329 e. The molecule has 2 amide bonds. The number of anilines is 2. The molecular formula is C46H68N10O4. The van der Waals surface area contributed by atoms with Gasteiger partial charge in [-0.15, -0.1) is 0 Å². The molecule has 6 fully saturated rings. The molecule has 326 valence electrons. The minimum absolute atomic E-state index is 0.156. The number of aromatic nitrogens is 2. The van der Waals surface area contributed by atoms with Crippen molar-refractivity contribution in [3.63, 3.8) is 0 Å². The Hall–Kier alpha value is -3.95. The van der Waals surface area contributed by atoms with Crippen LogP contribution in [0.5, 0.6) is 0 Å². The summed E-state index contributed by atoms with van der Waals surface area (Å²) in [5.41, 5.74) is 10.6. The summed E-state index contributed by atoms with van der Waals surface area (Å²) in [5, 5.41) is 24.9. The summed E-state index contributed by atoms with van der Waals surface area (Å²) in [6.45, 7) is 8.15. The maximum Gasteiger partial charge on any atom is 0.329 e. The molecular weight excluding hydrogens is 757 g/mol.